The molecule has 4 aliphatic rings. The molecule has 2 heterocycles. The van der Waals surface area contributed by atoms with Gasteiger partial charge in [0.25, 0.3) is 0 Å². The van der Waals surface area contributed by atoms with Crippen molar-refractivity contribution in [1.82, 2.24) is 4.90 Å². The second kappa shape index (κ2) is 4.52. The van der Waals surface area contributed by atoms with Gasteiger partial charge in [-0.15, -0.1) is 0 Å². The second-order valence-corrected chi connectivity index (χ2v) is 7.32. The summed E-state index contributed by atoms with van der Waals surface area (Å²) in [5.74, 6) is 2.32. The zero-order valence-electron chi connectivity index (χ0n) is 13.9. The zero-order chi connectivity index (χ0) is 15.8. The van der Waals surface area contributed by atoms with Crippen LogP contribution >= 0.6 is 0 Å². The van der Waals surface area contributed by atoms with E-state index >= 15 is 0 Å². The van der Waals surface area contributed by atoms with Crippen LogP contribution in [0.5, 0.6) is 11.5 Å². The van der Waals surface area contributed by atoms with Crippen molar-refractivity contribution in [2.45, 2.75) is 36.5 Å². The molecule has 2 bridgehead atoms. The van der Waals surface area contributed by atoms with Crippen molar-refractivity contribution in [1.29, 1.82) is 0 Å². The maximum Gasteiger partial charge on any atom is 0.165 e. The van der Waals surface area contributed by atoms with Gasteiger partial charge in [-0.25, -0.2) is 0 Å². The van der Waals surface area contributed by atoms with Crippen molar-refractivity contribution >= 4 is 0 Å². The number of ether oxygens (including phenoxy) is 3. The second-order valence-electron chi connectivity index (χ2n) is 7.32. The van der Waals surface area contributed by atoms with Crippen LogP contribution < -0.4 is 9.47 Å². The van der Waals surface area contributed by atoms with Gasteiger partial charge >= 0.3 is 0 Å². The molecule has 5 atom stereocenters. The number of nitrogens with zero attached hydrogens (tertiary/aromatic N) is 1. The molecule has 2 aliphatic carbocycles. The van der Waals surface area contributed by atoms with E-state index < -0.39 is 0 Å². The van der Waals surface area contributed by atoms with E-state index in [9.17, 15) is 0 Å². The van der Waals surface area contributed by atoms with Gasteiger partial charge in [-0.3, -0.25) is 0 Å². The van der Waals surface area contributed by atoms with E-state index in [2.05, 4.69) is 36.2 Å². The zero-order valence-corrected chi connectivity index (χ0v) is 13.9. The number of likely N-dealkylation sites (tertiary alicyclic amines) is 1. The first-order valence-electron chi connectivity index (χ1n) is 8.49. The van der Waals surface area contributed by atoms with Crippen LogP contribution in [0.3, 0.4) is 0 Å². The van der Waals surface area contributed by atoms with Crippen LogP contribution in [0.2, 0.25) is 0 Å². The lowest BCUT2D eigenvalue weighted by Crippen LogP contribution is -2.65. The molecule has 0 radical (unpaired) electrons. The van der Waals surface area contributed by atoms with Gasteiger partial charge in [0.1, 0.15) is 12.2 Å². The molecule has 4 nitrogen and oxygen atoms in total. The third kappa shape index (κ3) is 1.49. The van der Waals surface area contributed by atoms with E-state index in [0.717, 1.165) is 30.9 Å². The minimum atomic E-state index is 0.0124. The van der Waals surface area contributed by atoms with E-state index in [0.29, 0.717) is 12.0 Å². The summed E-state index contributed by atoms with van der Waals surface area (Å²) in [5.41, 5.74) is 2.88. The number of piperidine rings is 1. The smallest absolute Gasteiger partial charge is 0.165 e. The highest BCUT2D eigenvalue weighted by Crippen LogP contribution is 2.62. The largest absolute Gasteiger partial charge is 0.493 e. The Kier molecular flexibility index (Phi) is 2.73. The minimum Gasteiger partial charge on any atom is -0.493 e. The molecule has 0 N–H and O–H groups in total. The summed E-state index contributed by atoms with van der Waals surface area (Å²) >= 11 is 0. The van der Waals surface area contributed by atoms with Crippen LogP contribution in [-0.2, 0) is 16.6 Å². The Morgan fingerprint density at radius 3 is 2.91 bits per heavy atom. The Hall–Kier alpha value is -1.52. The first-order chi connectivity index (χ1) is 11.2. The Bertz CT molecular complexity index is 700. The molecule has 1 saturated heterocycles. The fraction of sp³-hybridized carbons (Fsp3) is 0.579. The maximum atomic E-state index is 6.52. The van der Waals surface area contributed by atoms with Crippen molar-refractivity contribution < 1.29 is 14.2 Å². The van der Waals surface area contributed by atoms with Gasteiger partial charge in [0.2, 0.25) is 0 Å². The number of hydrogen-bond acceptors (Lipinski definition) is 4. The summed E-state index contributed by atoms with van der Waals surface area (Å²) in [6, 6.07) is 4.86. The Balaban J connectivity index is 1.80. The number of rotatable bonds is 2. The molecular formula is C19H23NO3. The molecule has 5 rings (SSSR count). The minimum absolute atomic E-state index is 0.0124. The average Bonchev–Trinajstić information content (AvgIpc) is 2.92. The van der Waals surface area contributed by atoms with Crippen molar-refractivity contribution in [3.63, 3.8) is 0 Å². The summed E-state index contributed by atoms with van der Waals surface area (Å²) in [7, 11) is 5.77. The summed E-state index contributed by atoms with van der Waals surface area (Å²) < 4.78 is 17.9. The van der Waals surface area contributed by atoms with E-state index in [4.69, 9.17) is 14.2 Å². The van der Waals surface area contributed by atoms with Gasteiger partial charge in [0.15, 0.2) is 11.5 Å². The molecule has 1 fully saturated rings. The van der Waals surface area contributed by atoms with E-state index in [-0.39, 0.29) is 17.6 Å². The molecule has 23 heavy (non-hydrogen) atoms. The summed E-state index contributed by atoms with van der Waals surface area (Å²) in [6.07, 6.45) is 6.89. The van der Waals surface area contributed by atoms with Crippen LogP contribution in [-0.4, -0.2) is 51.0 Å². The lowest BCUT2D eigenvalue weighted by molar-refractivity contribution is -0.0581. The Labute approximate surface area is 137 Å². The molecule has 2 aliphatic heterocycles. The van der Waals surface area contributed by atoms with Crippen LogP contribution in [0.4, 0.5) is 0 Å². The van der Waals surface area contributed by atoms with Crippen LogP contribution in [0.15, 0.2) is 24.3 Å². The number of benzene rings is 1. The topological polar surface area (TPSA) is 30.9 Å². The number of hydrogen-bond donors (Lipinski definition) is 0. The molecule has 3 unspecified atom stereocenters. The van der Waals surface area contributed by atoms with E-state index in [1.165, 1.54) is 11.1 Å². The van der Waals surface area contributed by atoms with Gasteiger partial charge in [-0.2, -0.15) is 0 Å². The molecule has 0 aromatic heterocycles. The van der Waals surface area contributed by atoms with Crippen LogP contribution in [0.25, 0.3) is 0 Å². The SMILES string of the molecule is COc1ccc2c3c1OC1[C@@H](OC)C=C[C@H]4C(C2)N(C)CCC314. The van der Waals surface area contributed by atoms with Gasteiger partial charge in [-0.1, -0.05) is 18.2 Å². The fourth-order valence-corrected chi connectivity index (χ4v) is 5.57. The highest BCUT2D eigenvalue weighted by Gasteiger charge is 2.64. The first kappa shape index (κ1) is 13.9. The van der Waals surface area contributed by atoms with Crippen LogP contribution in [0.1, 0.15) is 17.5 Å². The standard InChI is InChI=1S/C19H23NO3/c1-20-9-8-19-12-5-7-15(22-3)18(19)23-17-14(21-2)6-4-11(16(17)19)10-13(12)20/h4-7,12-13,15,18H,8-10H2,1-3H3/t12-,13?,15-,18?,19?/m0/s1. The average molecular weight is 313 g/mol. The summed E-state index contributed by atoms with van der Waals surface area (Å²) in [5, 5.41) is 0. The predicted molar refractivity (Wildman–Crippen MR) is 87.3 cm³/mol. The first-order valence-corrected chi connectivity index (χ1v) is 8.49. The molecule has 122 valence electrons. The highest BCUT2D eigenvalue weighted by molar-refractivity contribution is 5.62. The number of likely N-dealkylation sites (N-methyl/N-ethyl adjacent to an activating group) is 1. The van der Waals surface area contributed by atoms with Crippen molar-refractivity contribution in [2.75, 3.05) is 27.8 Å². The van der Waals surface area contributed by atoms with Crippen molar-refractivity contribution in [2.24, 2.45) is 5.92 Å². The lowest BCUT2D eigenvalue weighted by atomic mass is 9.53. The van der Waals surface area contributed by atoms with Crippen LogP contribution in [0, 0.1) is 5.92 Å². The number of methoxy groups -OCH3 is 2. The quantitative estimate of drug-likeness (QED) is 0.783. The molecule has 0 amide bonds. The molecular weight excluding hydrogens is 290 g/mol. The van der Waals surface area contributed by atoms with E-state index in [1.807, 2.05) is 0 Å². The molecule has 1 spiro atoms. The monoisotopic (exact) mass is 313 g/mol. The normalized spacial score (nSPS) is 39.8. The van der Waals surface area contributed by atoms with Gasteiger partial charge in [-0.05, 0) is 38.1 Å². The molecule has 1 aromatic rings. The predicted octanol–water partition coefficient (Wildman–Crippen LogP) is 2.16. The van der Waals surface area contributed by atoms with Gasteiger partial charge in [0, 0.05) is 30.0 Å². The fourth-order valence-electron chi connectivity index (χ4n) is 5.57. The van der Waals surface area contributed by atoms with Crippen molar-refractivity contribution in [3.05, 3.63) is 35.4 Å². The third-order valence-electron chi connectivity index (χ3n) is 6.61. The Morgan fingerprint density at radius 1 is 1.26 bits per heavy atom. The summed E-state index contributed by atoms with van der Waals surface area (Å²) in [4.78, 5) is 2.52. The third-order valence-corrected chi connectivity index (χ3v) is 6.61. The molecule has 0 saturated carbocycles. The van der Waals surface area contributed by atoms with E-state index in [1.54, 1.807) is 14.2 Å². The molecule has 4 heteroatoms. The maximum absolute atomic E-state index is 6.52. The highest BCUT2D eigenvalue weighted by atomic mass is 16.6. The Morgan fingerprint density at radius 2 is 2.13 bits per heavy atom. The lowest BCUT2D eigenvalue weighted by Gasteiger charge is -2.56. The van der Waals surface area contributed by atoms with Gasteiger partial charge < -0.3 is 19.1 Å². The summed E-state index contributed by atoms with van der Waals surface area (Å²) in [6.45, 7) is 1.11. The molecule has 1 aromatic carbocycles. The van der Waals surface area contributed by atoms with Gasteiger partial charge in [0.05, 0.1) is 7.11 Å². The van der Waals surface area contributed by atoms with Crippen molar-refractivity contribution in [3.8, 4) is 11.5 Å².